The number of cyclic esters (lactones) is 2. The van der Waals surface area contributed by atoms with E-state index in [9.17, 15) is 9.59 Å². The Morgan fingerprint density at radius 2 is 0.500 bits per heavy atom. The van der Waals surface area contributed by atoms with Crippen molar-refractivity contribution >= 4 is 106 Å². The molecule has 14 aromatic carbocycles. The Kier molecular flexibility index (Phi) is 11.7. The van der Waals surface area contributed by atoms with Crippen molar-refractivity contribution in [1.29, 1.82) is 0 Å². The highest BCUT2D eigenvalue weighted by atomic mass is 16.6. The third kappa shape index (κ3) is 8.12. The van der Waals surface area contributed by atoms with Gasteiger partial charge in [0.1, 0.15) is 0 Å². The van der Waals surface area contributed by atoms with Crippen LogP contribution in [0.25, 0.3) is 76.5 Å². The van der Waals surface area contributed by atoms with Crippen LogP contribution in [0.4, 0.5) is 51.2 Å². The number of carbonyl (C=O) groups excluding carboxylic acids is 2. The standard InChI is InChI=1S/C76H49N3O3/c80-75-68-48-66(51-36-42-60(43-37-51)78(55-24-11-3-12-25-55)56-26-13-4-14-27-56)71-64-33-19-32-63-62(50-34-40-59(41-35-50)77(53-20-7-1-8-21-53)54-22-9-2-10-23-54)46-47-65(70(63)64)72-67(49-69(76(81)82-75)73(68)74(71)72)52-38-44-61(45-39-52)79(57-28-15-5-16-29-57)58-30-17-6-18-31-58/h1-49H. The molecule has 0 aliphatic carbocycles. The van der Waals surface area contributed by atoms with E-state index < -0.39 is 11.9 Å². The third-order valence-electron chi connectivity index (χ3n) is 16.0. The number of esters is 2. The van der Waals surface area contributed by atoms with Crippen LogP contribution in [-0.4, -0.2) is 11.9 Å². The summed E-state index contributed by atoms with van der Waals surface area (Å²) in [6.45, 7) is 0. The first-order chi connectivity index (χ1) is 40.5. The second kappa shape index (κ2) is 20.0. The summed E-state index contributed by atoms with van der Waals surface area (Å²) in [5.74, 6) is -1.32. The summed E-state index contributed by atoms with van der Waals surface area (Å²) in [5.41, 5.74) is 15.7. The SMILES string of the molecule is O=C1OC(=O)c2cc(-c3ccc(N(c4ccccc4)c4ccccc4)cc3)c3c4ccc(-c5ccc(N(c6ccccc6)c6ccccc6)cc5)c5cccc(c6c(-c7ccc(N(c8ccccc8)c8ccccc8)cc7)cc1c2c63)c54. The van der Waals surface area contributed by atoms with E-state index in [1.807, 2.05) is 48.5 Å². The number of benzene rings is 14. The number of fused-ring (bicyclic) bond motifs is 2. The van der Waals surface area contributed by atoms with Gasteiger partial charge < -0.3 is 19.4 Å². The molecule has 1 aliphatic heterocycles. The Morgan fingerprint density at radius 3 is 0.841 bits per heavy atom. The van der Waals surface area contributed by atoms with Crippen LogP contribution in [-0.2, 0) is 4.74 Å². The van der Waals surface area contributed by atoms with Gasteiger partial charge in [0, 0.05) is 62.0 Å². The van der Waals surface area contributed by atoms with E-state index in [0.29, 0.717) is 16.5 Å². The van der Waals surface area contributed by atoms with Crippen LogP contribution in [0.15, 0.2) is 297 Å². The number of hydrogen-bond donors (Lipinski definition) is 0. The van der Waals surface area contributed by atoms with Gasteiger partial charge in [0.05, 0.1) is 11.1 Å². The number of anilines is 9. The van der Waals surface area contributed by atoms with Crippen molar-refractivity contribution in [2.24, 2.45) is 0 Å². The normalized spacial score (nSPS) is 12.0. The number of hydrogen-bond acceptors (Lipinski definition) is 6. The first kappa shape index (κ1) is 48.1. The fourth-order valence-corrected chi connectivity index (χ4v) is 12.4. The quantitative estimate of drug-likeness (QED) is 0.0526. The monoisotopic (exact) mass is 1050 g/mol. The molecular weight excluding hydrogens is 1000 g/mol. The van der Waals surface area contributed by atoms with Gasteiger partial charge in [-0.3, -0.25) is 0 Å². The van der Waals surface area contributed by atoms with Crippen LogP contribution in [0.1, 0.15) is 20.7 Å². The predicted molar refractivity (Wildman–Crippen MR) is 338 cm³/mol. The molecule has 0 fully saturated rings. The summed E-state index contributed by atoms with van der Waals surface area (Å²) < 4.78 is 5.68. The summed E-state index contributed by atoms with van der Waals surface area (Å²) in [6, 6.07) is 103. The molecule has 15 rings (SSSR count). The zero-order chi connectivity index (χ0) is 54.7. The molecule has 0 bridgehead atoms. The van der Waals surface area contributed by atoms with E-state index in [4.69, 9.17) is 4.74 Å². The summed E-state index contributed by atoms with van der Waals surface area (Å²) in [5, 5.41) is 7.59. The van der Waals surface area contributed by atoms with Crippen molar-refractivity contribution in [2.75, 3.05) is 14.7 Å². The van der Waals surface area contributed by atoms with E-state index in [0.717, 1.165) is 122 Å². The van der Waals surface area contributed by atoms with Gasteiger partial charge >= 0.3 is 11.9 Å². The van der Waals surface area contributed by atoms with Crippen LogP contribution < -0.4 is 14.7 Å². The lowest BCUT2D eigenvalue weighted by Crippen LogP contribution is -2.20. The maximum absolute atomic E-state index is 14.3. The molecule has 0 saturated heterocycles. The number of para-hydroxylation sites is 6. The number of ether oxygens (including phenoxy) is 1. The Morgan fingerprint density at radius 1 is 0.207 bits per heavy atom. The van der Waals surface area contributed by atoms with Gasteiger partial charge in [0.15, 0.2) is 0 Å². The number of nitrogens with zero attached hydrogens (tertiary/aromatic N) is 3. The first-order valence-electron chi connectivity index (χ1n) is 27.6. The Labute approximate surface area is 474 Å². The molecule has 6 heteroatoms. The molecule has 14 aromatic rings. The lowest BCUT2D eigenvalue weighted by molar-refractivity contribution is 0.0391. The van der Waals surface area contributed by atoms with Gasteiger partial charge in [0.2, 0.25) is 0 Å². The number of carbonyl (C=O) groups is 2. The molecule has 0 aromatic heterocycles. The Balaban J connectivity index is 0.974. The average Bonchev–Trinajstić information content (AvgIpc) is 3.23. The fourth-order valence-electron chi connectivity index (χ4n) is 12.4. The van der Waals surface area contributed by atoms with E-state index in [-0.39, 0.29) is 0 Å². The molecule has 0 unspecified atom stereocenters. The molecule has 1 heterocycles. The van der Waals surface area contributed by atoms with Gasteiger partial charge in [-0.25, -0.2) is 9.59 Å². The van der Waals surface area contributed by atoms with Crippen molar-refractivity contribution in [1.82, 2.24) is 0 Å². The molecule has 1 aliphatic rings. The van der Waals surface area contributed by atoms with E-state index in [1.165, 1.54) is 0 Å². The topological polar surface area (TPSA) is 53.1 Å². The molecule has 0 radical (unpaired) electrons. The smallest absolute Gasteiger partial charge is 0.346 e. The highest BCUT2D eigenvalue weighted by Gasteiger charge is 2.34. The molecule has 6 nitrogen and oxygen atoms in total. The third-order valence-corrected chi connectivity index (χ3v) is 16.0. The van der Waals surface area contributed by atoms with Crippen molar-refractivity contribution in [3.8, 4) is 33.4 Å². The van der Waals surface area contributed by atoms with Gasteiger partial charge in [-0.15, -0.1) is 0 Å². The van der Waals surface area contributed by atoms with E-state index >= 15 is 0 Å². The van der Waals surface area contributed by atoms with Gasteiger partial charge in [-0.1, -0.05) is 176 Å². The first-order valence-corrected chi connectivity index (χ1v) is 27.6. The van der Waals surface area contributed by atoms with E-state index in [2.05, 4.69) is 263 Å². The summed E-state index contributed by atoms with van der Waals surface area (Å²) in [4.78, 5) is 35.5. The van der Waals surface area contributed by atoms with Crippen molar-refractivity contribution in [3.63, 3.8) is 0 Å². The average molecular weight is 1050 g/mol. The highest BCUT2D eigenvalue weighted by Crippen LogP contribution is 2.52. The van der Waals surface area contributed by atoms with Crippen molar-refractivity contribution < 1.29 is 14.3 Å². The zero-order valence-electron chi connectivity index (χ0n) is 44.4. The molecular formula is C76H49N3O3. The second-order valence-electron chi connectivity index (χ2n) is 20.7. The molecule has 0 N–H and O–H groups in total. The molecule has 82 heavy (non-hydrogen) atoms. The molecule has 386 valence electrons. The van der Waals surface area contributed by atoms with Crippen LogP contribution in [0, 0.1) is 0 Å². The van der Waals surface area contributed by atoms with Crippen LogP contribution >= 0.6 is 0 Å². The summed E-state index contributed by atoms with van der Waals surface area (Å²) in [6.07, 6.45) is 0. The maximum Gasteiger partial charge on any atom is 0.346 e. The minimum Gasteiger partial charge on any atom is -0.386 e. The fraction of sp³-hybridized carbons (Fsp3) is 0. The summed E-state index contributed by atoms with van der Waals surface area (Å²) in [7, 11) is 0. The van der Waals surface area contributed by atoms with Gasteiger partial charge in [0.25, 0.3) is 0 Å². The van der Waals surface area contributed by atoms with Crippen LogP contribution in [0.2, 0.25) is 0 Å². The second-order valence-corrected chi connectivity index (χ2v) is 20.7. The molecule has 0 saturated carbocycles. The zero-order valence-corrected chi connectivity index (χ0v) is 44.4. The Bertz CT molecular complexity index is 4380. The summed E-state index contributed by atoms with van der Waals surface area (Å²) >= 11 is 0. The highest BCUT2D eigenvalue weighted by molar-refractivity contribution is 6.42. The lowest BCUT2D eigenvalue weighted by Gasteiger charge is -2.27. The molecule has 0 spiro atoms. The minimum absolute atomic E-state index is 0.361. The number of rotatable bonds is 12. The van der Waals surface area contributed by atoms with Crippen molar-refractivity contribution in [2.45, 2.75) is 0 Å². The Hall–Kier alpha value is -11.1. The van der Waals surface area contributed by atoms with Crippen LogP contribution in [0.3, 0.4) is 0 Å². The minimum atomic E-state index is -0.660. The molecule has 0 atom stereocenters. The lowest BCUT2D eigenvalue weighted by atomic mass is 9.79. The largest absolute Gasteiger partial charge is 0.386 e. The van der Waals surface area contributed by atoms with Crippen LogP contribution in [0.5, 0.6) is 0 Å². The maximum atomic E-state index is 14.3. The molecule has 0 amide bonds. The van der Waals surface area contributed by atoms with Crippen molar-refractivity contribution in [3.05, 3.63) is 308 Å². The van der Waals surface area contributed by atoms with Gasteiger partial charge in [-0.2, -0.15) is 0 Å². The van der Waals surface area contributed by atoms with Gasteiger partial charge in [-0.05, 0) is 187 Å². The van der Waals surface area contributed by atoms with E-state index in [1.54, 1.807) is 0 Å². The predicted octanol–water partition coefficient (Wildman–Crippen LogP) is 20.5.